The van der Waals surface area contributed by atoms with E-state index in [-0.39, 0.29) is 18.3 Å². The monoisotopic (exact) mass is 312 g/mol. The number of halogens is 1. The summed E-state index contributed by atoms with van der Waals surface area (Å²) in [5.41, 5.74) is 0.776. The van der Waals surface area contributed by atoms with E-state index in [9.17, 15) is 4.79 Å². The Labute approximate surface area is 133 Å². The van der Waals surface area contributed by atoms with E-state index >= 15 is 0 Å². The zero-order chi connectivity index (χ0) is 14.4. The van der Waals surface area contributed by atoms with Gasteiger partial charge in [-0.1, -0.05) is 12.1 Å². The number of amides is 1. The quantitative estimate of drug-likeness (QED) is 0.877. The van der Waals surface area contributed by atoms with Crippen molar-refractivity contribution in [3.05, 3.63) is 29.8 Å². The molecule has 4 nitrogen and oxygen atoms in total. The average molecular weight is 313 g/mol. The van der Waals surface area contributed by atoms with Crippen molar-refractivity contribution in [1.29, 1.82) is 0 Å². The van der Waals surface area contributed by atoms with Gasteiger partial charge in [-0.25, -0.2) is 0 Å². The van der Waals surface area contributed by atoms with Crippen LogP contribution in [0.2, 0.25) is 0 Å². The highest BCUT2D eigenvalue weighted by atomic mass is 35.5. The molecule has 1 aromatic carbocycles. The smallest absolute Gasteiger partial charge is 0.240 e. The molecule has 0 saturated carbocycles. The fraction of sp³-hybridized carbons (Fsp3) is 0.562. The lowest BCUT2D eigenvalue weighted by Crippen LogP contribution is -2.57. The van der Waals surface area contributed by atoms with Crippen LogP contribution in [0.4, 0.5) is 0 Å². The molecule has 1 aromatic rings. The minimum atomic E-state index is -0.396. The van der Waals surface area contributed by atoms with Crippen molar-refractivity contribution >= 4 is 18.3 Å². The largest absolute Gasteiger partial charge is 0.497 e. The van der Waals surface area contributed by atoms with Gasteiger partial charge in [-0.15, -0.1) is 12.4 Å². The molecule has 1 unspecified atom stereocenters. The maximum Gasteiger partial charge on any atom is 0.240 e. The van der Waals surface area contributed by atoms with Gasteiger partial charge >= 0.3 is 0 Å². The summed E-state index contributed by atoms with van der Waals surface area (Å²) in [4.78, 5) is 12.2. The van der Waals surface area contributed by atoms with Gasteiger partial charge in [0.15, 0.2) is 0 Å². The van der Waals surface area contributed by atoms with Gasteiger partial charge in [0.05, 0.1) is 12.6 Å². The molecule has 2 N–H and O–H groups in total. The molecule has 5 heteroatoms. The lowest BCUT2D eigenvalue weighted by Gasteiger charge is -2.33. The third kappa shape index (κ3) is 4.90. The Morgan fingerprint density at radius 1 is 1.43 bits per heavy atom. The minimum absolute atomic E-state index is 0. The number of rotatable bonds is 5. The Morgan fingerprint density at radius 2 is 2.24 bits per heavy atom. The van der Waals surface area contributed by atoms with Crippen LogP contribution in [0.1, 0.15) is 31.7 Å². The average Bonchev–Trinajstić information content (AvgIpc) is 2.48. The maximum absolute atomic E-state index is 12.2. The van der Waals surface area contributed by atoms with Crippen molar-refractivity contribution in [3.63, 3.8) is 0 Å². The van der Waals surface area contributed by atoms with Gasteiger partial charge in [0.2, 0.25) is 5.91 Å². The number of nitrogens with one attached hydrogen (secondary N) is 2. The van der Waals surface area contributed by atoms with Gasteiger partial charge in [0, 0.05) is 6.54 Å². The fourth-order valence-electron chi connectivity index (χ4n) is 2.59. The molecule has 1 aliphatic rings. The Hall–Kier alpha value is -1.26. The van der Waals surface area contributed by atoms with Crippen LogP contribution < -0.4 is 15.4 Å². The number of benzene rings is 1. The van der Waals surface area contributed by atoms with Crippen molar-refractivity contribution in [2.45, 2.75) is 38.1 Å². The zero-order valence-corrected chi connectivity index (χ0v) is 13.6. The Kier molecular flexibility index (Phi) is 6.99. The van der Waals surface area contributed by atoms with Crippen LogP contribution in [0.15, 0.2) is 24.3 Å². The van der Waals surface area contributed by atoms with Crippen molar-refractivity contribution in [3.8, 4) is 5.75 Å². The molecule has 0 radical (unpaired) electrons. The molecule has 0 bridgehead atoms. The van der Waals surface area contributed by atoms with Gasteiger partial charge < -0.3 is 15.4 Å². The summed E-state index contributed by atoms with van der Waals surface area (Å²) < 4.78 is 5.20. The maximum atomic E-state index is 12.2. The van der Waals surface area contributed by atoms with Crippen molar-refractivity contribution < 1.29 is 9.53 Å². The fourth-order valence-corrected chi connectivity index (χ4v) is 2.59. The number of carbonyl (C=O) groups excluding carboxylic acids is 1. The van der Waals surface area contributed by atoms with E-state index in [4.69, 9.17) is 4.74 Å². The van der Waals surface area contributed by atoms with E-state index in [1.165, 1.54) is 5.56 Å². The molecule has 1 fully saturated rings. The Morgan fingerprint density at radius 3 is 2.90 bits per heavy atom. The predicted molar refractivity (Wildman–Crippen MR) is 87.2 cm³/mol. The molecule has 1 atom stereocenters. The topological polar surface area (TPSA) is 50.4 Å². The first kappa shape index (κ1) is 17.8. The van der Waals surface area contributed by atoms with Gasteiger partial charge in [-0.2, -0.15) is 0 Å². The molecular weight excluding hydrogens is 288 g/mol. The molecule has 1 saturated heterocycles. The van der Waals surface area contributed by atoms with Crippen molar-refractivity contribution in [2.24, 2.45) is 0 Å². The lowest BCUT2D eigenvalue weighted by molar-refractivity contribution is -0.127. The summed E-state index contributed by atoms with van der Waals surface area (Å²) >= 11 is 0. The highest BCUT2D eigenvalue weighted by Gasteiger charge is 2.33. The normalized spacial score (nSPS) is 21.2. The summed E-state index contributed by atoms with van der Waals surface area (Å²) in [6.07, 6.45) is 4.01. The first-order chi connectivity index (χ1) is 9.64. The number of hydrogen-bond acceptors (Lipinski definition) is 3. The standard InChI is InChI=1S/C16H24N2O2.ClH/c1-16(9-3-4-10-18-16)15(19)17-11-8-13-6-5-7-14(12-13)20-2;/h5-7,12,18H,3-4,8-11H2,1-2H3,(H,17,19);1H. The second-order valence-electron chi connectivity index (χ2n) is 5.57. The van der Waals surface area contributed by atoms with Crippen LogP contribution in [0, 0.1) is 0 Å². The molecule has 0 spiro atoms. The van der Waals surface area contributed by atoms with E-state index in [0.29, 0.717) is 6.54 Å². The lowest BCUT2D eigenvalue weighted by atomic mass is 9.90. The molecule has 1 aliphatic heterocycles. The molecule has 2 rings (SSSR count). The van der Waals surface area contributed by atoms with E-state index in [0.717, 1.165) is 38.0 Å². The summed E-state index contributed by atoms with van der Waals surface area (Å²) in [5, 5.41) is 6.37. The Balaban J connectivity index is 0.00000220. The molecule has 118 valence electrons. The second-order valence-corrected chi connectivity index (χ2v) is 5.57. The SMILES string of the molecule is COc1cccc(CCNC(=O)C2(C)CCCCN2)c1.Cl. The predicted octanol–water partition coefficient (Wildman–Crippen LogP) is 2.31. The van der Waals surface area contributed by atoms with Crippen LogP contribution in [0.5, 0.6) is 5.75 Å². The van der Waals surface area contributed by atoms with Gasteiger partial charge in [-0.3, -0.25) is 4.79 Å². The van der Waals surface area contributed by atoms with Gasteiger partial charge in [0.1, 0.15) is 5.75 Å². The number of methoxy groups -OCH3 is 1. The number of piperidine rings is 1. The molecule has 1 amide bonds. The molecular formula is C16H25ClN2O2. The summed E-state index contributed by atoms with van der Waals surface area (Å²) in [5.74, 6) is 0.967. The highest BCUT2D eigenvalue weighted by Crippen LogP contribution is 2.18. The number of hydrogen-bond donors (Lipinski definition) is 2. The molecule has 1 heterocycles. The molecule has 21 heavy (non-hydrogen) atoms. The summed E-state index contributed by atoms with van der Waals surface area (Å²) in [7, 11) is 1.66. The van der Waals surface area contributed by atoms with E-state index < -0.39 is 5.54 Å². The Bertz CT molecular complexity index is 459. The number of carbonyl (C=O) groups is 1. The van der Waals surface area contributed by atoms with Gasteiger partial charge in [0.25, 0.3) is 0 Å². The van der Waals surface area contributed by atoms with E-state index in [2.05, 4.69) is 16.7 Å². The van der Waals surface area contributed by atoms with Crippen molar-refractivity contribution in [2.75, 3.05) is 20.2 Å². The van der Waals surface area contributed by atoms with Crippen LogP contribution >= 0.6 is 12.4 Å². The highest BCUT2D eigenvalue weighted by molar-refractivity contribution is 5.86. The van der Waals surface area contributed by atoms with Gasteiger partial charge in [-0.05, 0) is 56.8 Å². The summed E-state index contributed by atoms with van der Waals surface area (Å²) in [6, 6.07) is 7.96. The van der Waals surface area contributed by atoms with Crippen LogP contribution in [0.3, 0.4) is 0 Å². The minimum Gasteiger partial charge on any atom is -0.497 e. The molecule has 0 aliphatic carbocycles. The van der Waals surface area contributed by atoms with E-state index in [1.54, 1.807) is 7.11 Å². The van der Waals surface area contributed by atoms with Crippen LogP contribution in [-0.4, -0.2) is 31.6 Å². The van der Waals surface area contributed by atoms with Crippen molar-refractivity contribution in [1.82, 2.24) is 10.6 Å². The van der Waals surface area contributed by atoms with Crippen LogP contribution in [-0.2, 0) is 11.2 Å². The first-order valence-electron chi connectivity index (χ1n) is 7.30. The summed E-state index contributed by atoms with van der Waals surface area (Å²) in [6.45, 7) is 3.58. The zero-order valence-electron chi connectivity index (χ0n) is 12.8. The third-order valence-electron chi connectivity index (χ3n) is 3.95. The first-order valence-corrected chi connectivity index (χ1v) is 7.30. The third-order valence-corrected chi connectivity index (χ3v) is 3.95. The molecule has 0 aromatic heterocycles. The number of ether oxygens (including phenoxy) is 1. The van der Waals surface area contributed by atoms with E-state index in [1.807, 2.05) is 25.1 Å². The van der Waals surface area contributed by atoms with Crippen LogP contribution in [0.25, 0.3) is 0 Å². The second kappa shape index (κ2) is 8.25.